The van der Waals surface area contributed by atoms with Gasteiger partial charge in [0.15, 0.2) is 0 Å². The monoisotopic (exact) mass is 152 g/mol. The van der Waals surface area contributed by atoms with E-state index in [-0.39, 0.29) is 17.0 Å². The molecule has 5 nitrogen and oxygen atoms in total. The Labute approximate surface area is 61.6 Å². The quantitative estimate of drug-likeness (QED) is 0.607. The summed E-state index contributed by atoms with van der Waals surface area (Å²) in [5, 5.41) is 16.8. The number of carbonyl (C=O) groups is 1. The standard InChI is InChI=1S/C6H4N2O3/c7-1-3-4(6(9)10)2-11-5(3)8/h2H,8H2,(H,9,10). The third kappa shape index (κ3) is 1.01. The maximum atomic E-state index is 10.3. The Balaban J connectivity index is 3.30. The molecule has 56 valence electrons. The number of carboxylic acid groups (broad SMARTS) is 1. The minimum Gasteiger partial charge on any atom is -0.478 e. The number of rotatable bonds is 1. The molecule has 1 aromatic heterocycles. The van der Waals surface area contributed by atoms with Crippen LogP contribution in [-0.4, -0.2) is 11.1 Å². The average Bonchev–Trinajstić information content (AvgIpc) is 2.30. The fourth-order valence-electron chi connectivity index (χ4n) is 0.646. The van der Waals surface area contributed by atoms with E-state index in [1.807, 2.05) is 0 Å². The number of nitrogens with two attached hydrogens (primary N) is 1. The summed E-state index contributed by atoms with van der Waals surface area (Å²) in [5.74, 6) is -1.38. The summed E-state index contributed by atoms with van der Waals surface area (Å²) < 4.78 is 4.52. The van der Waals surface area contributed by atoms with Crippen LogP contribution in [0.15, 0.2) is 10.7 Å². The highest BCUT2D eigenvalue weighted by Crippen LogP contribution is 2.17. The zero-order valence-electron chi connectivity index (χ0n) is 5.37. The molecule has 0 saturated carbocycles. The van der Waals surface area contributed by atoms with Crippen LogP contribution in [0.5, 0.6) is 0 Å². The Morgan fingerprint density at radius 2 is 2.45 bits per heavy atom. The van der Waals surface area contributed by atoms with Crippen LogP contribution in [0.4, 0.5) is 5.88 Å². The van der Waals surface area contributed by atoms with Crippen LogP contribution >= 0.6 is 0 Å². The fraction of sp³-hybridized carbons (Fsp3) is 0. The van der Waals surface area contributed by atoms with Crippen molar-refractivity contribution in [3.63, 3.8) is 0 Å². The third-order valence-electron chi connectivity index (χ3n) is 1.16. The van der Waals surface area contributed by atoms with Gasteiger partial charge in [0, 0.05) is 0 Å². The van der Waals surface area contributed by atoms with Gasteiger partial charge < -0.3 is 15.3 Å². The number of furan rings is 1. The predicted octanol–water partition coefficient (Wildman–Crippen LogP) is 0.432. The molecule has 0 unspecified atom stereocenters. The molecular weight excluding hydrogens is 148 g/mol. The van der Waals surface area contributed by atoms with Crippen LogP contribution in [0.2, 0.25) is 0 Å². The van der Waals surface area contributed by atoms with E-state index in [1.165, 1.54) is 0 Å². The summed E-state index contributed by atoms with van der Waals surface area (Å²) in [5.41, 5.74) is 4.81. The van der Waals surface area contributed by atoms with Gasteiger partial charge in [-0.3, -0.25) is 0 Å². The van der Waals surface area contributed by atoms with Crippen LogP contribution in [0.1, 0.15) is 15.9 Å². The summed E-state index contributed by atoms with van der Waals surface area (Å²) in [6, 6.07) is 1.63. The van der Waals surface area contributed by atoms with Crippen molar-refractivity contribution in [2.75, 3.05) is 5.73 Å². The lowest BCUT2D eigenvalue weighted by molar-refractivity contribution is 0.0696. The van der Waals surface area contributed by atoms with Gasteiger partial charge in [0.2, 0.25) is 5.88 Å². The molecule has 1 heterocycles. The molecule has 0 saturated heterocycles. The smallest absolute Gasteiger partial charge is 0.340 e. The zero-order chi connectivity index (χ0) is 8.43. The first kappa shape index (κ1) is 7.15. The van der Waals surface area contributed by atoms with E-state index < -0.39 is 5.97 Å². The van der Waals surface area contributed by atoms with Crippen LogP contribution in [-0.2, 0) is 0 Å². The van der Waals surface area contributed by atoms with E-state index in [9.17, 15) is 4.79 Å². The fourth-order valence-corrected chi connectivity index (χ4v) is 0.646. The van der Waals surface area contributed by atoms with E-state index in [2.05, 4.69) is 4.42 Å². The molecule has 0 atom stereocenters. The van der Waals surface area contributed by atoms with Gasteiger partial charge in [-0.1, -0.05) is 0 Å². The third-order valence-corrected chi connectivity index (χ3v) is 1.16. The van der Waals surface area contributed by atoms with Crippen molar-refractivity contribution in [2.45, 2.75) is 0 Å². The number of nitriles is 1. The number of hydrogen-bond donors (Lipinski definition) is 2. The van der Waals surface area contributed by atoms with Gasteiger partial charge in [0.1, 0.15) is 23.5 Å². The largest absolute Gasteiger partial charge is 0.478 e. The molecule has 0 aliphatic heterocycles. The van der Waals surface area contributed by atoms with Gasteiger partial charge in [-0.15, -0.1) is 0 Å². The Morgan fingerprint density at radius 1 is 1.82 bits per heavy atom. The zero-order valence-corrected chi connectivity index (χ0v) is 5.37. The lowest BCUT2D eigenvalue weighted by Gasteiger charge is -1.85. The highest BCUT2D eigenvalue weighted by molar-refractivity contribution is 5.91. The van der Waals surface area contributed by atoms with Gasteiger partial charge in [-0.25, -0.2) is 4.79 Å². The number of aromatic carboxylic acids is 1. The molecule has 0 aliphatic rings. The highest BCUT2D eigenvalue weighted by Gasteiger charge is 2.16. The second kappa shape index (κ2) is 2.34. The first-order valence-corrected chi connectivity index (χ1v) is 2.67. The van der Waals surface area contributed by atoms with E-state index >= 15 is 0 Å². The second-order valence-corrected chi connectivity index (χ2v) is 1.81. The first-order valence-electron chi connectivity index (χ1n) is 2.67. The van der Waals surface area contributed by atoms with Gasteiger partial charge >= 0.3 is 5.97 Å². The van der Waals surface area contributed by atoms with Gasteiger partial charge in [-0.05, 0) is 0 Å². The van der Waals surface area contributed by atoms with E-state index in [4.69, 9.17) is 16.1 Å². The minimum atomic E-state index is -1.22. The van der Waals surface area contributed by atoms with Gasteiger partial charge in [0.05, 0.1) is 0 Å². The molecule has 1 aromatic rings. The average molecular weight is 152 g/mol. The van der Waals surface area contributed by atoms with Crippen molar-refractivity contribution in [3.05, 3.63) is 17.4 Å². The second-order valence-electron chi connectivity index (χ2n) is 1.81. The van der Waals surface area contributed by atoms with Gasteiger partial charge in [0.25, 0.3) is 0 Å². The maximum Gasteiger partial charge on any atom is 0.340 e. The Kier molecular flexibility index (Phi) is 1.52. The normalized spacial score (nSPS) is 9.00. The molecule has 0 aliphatic carbocycles. The van der Waals surface area contributed by atoms with E-state index in [1.54, 1.807) is 6.07 Å². The van der Waals surface area contributed by atoms with Crippen molar-refractivity contribution < 1.29 is 14.3 Å². The minimum absolute atomic E-state index is 0.127. The SMILES string of the molecule is N#Cc1c(C(=O)O)coc1N. The predicted molar refractivity (Wildman–Crippen MR) is 34.8 cm³/mol. The van der Waals surface area contributed by atoms with Crippen LogP contribution in [0.3, 0.4) is 0 Å². The molecule has 0 radical (unpaired) electrons. The topological polar surface area (TPSA) is 100 Å². The molecule has 0 fully saturated rings. The number of nitrogens with zero attached hydrogens (tertiary/aromatic N) is 1. The number of nitrogen functional groups attached to an aromatic ring is 1. The highest BCUT2D eigenvalue weighted by atomic mass is 16.4. The molecule has 1 rings (SSSR count). The Hall–Kier alpha value is -1.96. The van der Waals surface area contributed by atoms with Gasteiger partial charge in [-0.2, -0.15) is 5.26 Å². The molecular formula is C6H4N2O3. The summed E-state index contributed by atoms with van der Waals surface area (Å²) in [6.45, 7) is 0. The van der Waals surface area contributed by atoms with Crippen LogP contribution < -0.4 is 5.73 Å². The number of anilines is 1. The number of carboxylic acids is 1. The van der Waals surface area contributed by atoms with Crippen LogP contribution in [0, 0.1) is 11.3 Å². The number of hydrogen-bond acceptors (Lipinski definition) is 4. The molecule has 5 heteroatoms. The molecule has 0 amide bonds. The van der Waals surface area contributed by atoms with E-state index in [0.717, 1.165) is 6.26 Å². The Bertz CT molecular complexity index is 334. The van der Waals surface area contributed by atoms with Crippen molar-refractivity contribution in [1.29, 1.82) is 5.26 Å². The Morgan fingerprint density at radius 3 is 2.82 bits per heavy atom. The van der Waals surface area contributed by atoms with Crippen LogP contribution in [0.25, 0.3) is 0 Å². The molecule has 0 spiro atoms. The molecule has 0 aromatic carbocycles. The molecule has 11 heavy (non-hydrogen) atoms. The first-order chi connectivity index (χ1) is 5.16. The molecule has 3 N–H and O–H groups in total. The summed E-state index contributed by atoms with van der Waals surface area (Å²) in [7, 11) is 0. The maximum absolute atomic E-state index is 10.3. The molecule has 0 bridgehead atoms. The van der Waals surface area contributed by atoms with Crippen molar-refractivity contribution in [2.24, 2.45) is 0 Å². The van der Waals surface area contributed by atoms with Crippen molar-refractivity contribution in [1.82, 2.24) is 0 Å². The van der Waals surface area contributed by atoms with E-state index in [0.29, 0.717) is 0 Å². The summed E-state index contributed by atoms with van der Waals surface area (Å²) in [6.07, 6.45) is 0.941. The van der Waals surface area contributed by atoms with Crippen molar-refractivity contribution >= 4 is 11.9 Å². The van der Waals surface area contributed by atoms with Crippen molar-refractivity contribution in [3.8, 4) is 6.07 Å². The lowest BCUT2D eigenvalue weighted by Crippen LogP contribution is -1.97. The lowest BCUT2D eigenvalue weighted by atomic mass is 10.2. The summed E-state index contributed by atoms with van der Waals surface area (Å²) in [4.78, 5) is 10.3. The summed E-state index contributed by atoms with van der Waals surface area (Å²) >= 11 is 0.